The molecule has 0 aromatic carbocycles. The summed E-state index contributed by atoms with van der Waals surface area (Å²) in [6.45, 7) is 4.01. The van der Waals surface area contributed by atoms with Crippen LogP contribution in [0.4, 0.5) is 0 Å². The highest BCUT2D eigenvalue weighted by molar-refractivity contribution is 7.80. The summed E-state index contributed by atoms with van der Waals surface area (Å²) in [6.07, 6.45) is 0. The average molecular weight is 276 g/mol. The minimum Gasteiger partial charge on any atom is -0.375 e. The Bertz CT molecular complexity index is 458. The van der Waals surface area contributed by atoms with Gasteiger partial charge in [0.25, 0.3) is 5.91 Å². The van der Waals surface area contributed by atoms with Crippen LogP contribution >= 0.6 is 23.8 Å². The Hall–Kier alpha value is -1.34. The number of nitrogens with zero attached hydrogens (tertiary/aromatic N) is 3. The first-order valence-corrected chi connectivity index (χ1v) is 5.74. The van der Waals surface area contributed by atoms with E-state index in [1.165, 1.54) is 9.69 Å². The van der Waals surface area contributed by atoms with Crippen LogP contribution in [0.3, 0.4) is 0 Å². The molecule has 0 saturated heterocycles. The molecule has 0 aliphatic rings. The van der Waals surface area contributed by atoms with E-state index in [9.17, 15) is 4.79 Å². The summed E-state index contributed by atoms with van der Waals surface area (Å²) in [4.78, 5) is 12.0. The van der Waals surface area contributed by atoms with Gasteiger partial charge in [0.1, 0.15) is 5.69 Å². The molecule has 0 radical (unpaired) electrons. The molecule has 17 heavy (non-hydrogen) atoms. The maximum Gasteiger partial charge on any atom is 0.289 e. The van der Waals surface area contributed by atoms with Crippen molar-refractivity contribution in [1.82, 2.24) is 20.2 Å². The summed E-state index contributed by atoms with van der Waals surface area (Å²) in [5.41, 5.74) is 8.87. The minimum atomic E-state index is -0.396. The van der Waals surface area contributed by atoms with Crippen LogP contribution in [0.15, 0.2) is 0 Å². The Labute approximate surface area is 110 Å². The normalized spacial score (nSPS) is 10.1. The minimum absolute atomic E-state index is 0.0934. The predicted molar refractivity (Wildman–Crippen MR) is 69.6 cm³/mol. The number of thiocarbonyl (C=S) groups is 1. The van der Waals surface area contributed by atoms with Crippen LogP contribution in [-0.2, 0) is 7.05 Å². The lowest BCUT2D eigenvalue weighted by Crippen LogP contribution is -2.48. The van der Waals surface area contributed by atoms with E-state index >= 15 is 0 Å². The van der Waals surface area contributed by atoms with Crippen molar-refractivity contribution in [3.63, 3.8) is 0 Å². The largest absolute Gasteiger partial charge is 0.375 e. The van der Waals surface area contributed by atoms with Crippen LogP contribution < -0.4 is 11.2 Å². The van der Waals surface area contributed by atoms with E-state index in [1.54, 1.807) is 14.0 Å². The number of nitrogens with one attached hydrogen (secondary N) is 1. The number of hydrogen-bond donors (Lipinski definition) is 2. The van der Waals surface area contributed by atoms with Crippen LogP contribution in [0, 0.1) is 6.92 Å². The van der Waals surface area contributed by atoms with Crippen molar-refractivity contribution in [3.8, 4) is 0 Å². The molecule has 0 fully saturated rings. The van der Waals surface area contributed by atoms with Gasteiger partial charge in [-0.05, 0) is 26.1 Å². The molecule has 3 N–H and O–H groups in total. The van der Waals surface area contributed by atoms with Gasteiger partial charge in [0, 0.05) is 13.6 Å². The molecule has 0 aliphatic heterocycles. The summed E-state index contributed by atoms with van der Waals surface area (Å²) in [5, 5.41) is 5.82. The fourth-order valence-corrected chi connectivity index (χ4v) is 1.77. The van der Waals surface area contributed by atoms with Gasteiger partial charge in [0.2, 0.25) is 0 Å². The molecule has 0 saturated carbocycles. The first kappa shape index (κ1) is 13.7. The standard InChI is InChI=1S/C9H14ClN5OS/c1-4-15(9(11)17)13-8(16)7-6(10)5(2)12-14(7)3/h4H2,1-3H3,(H2,11,17)(H,13,16). The fourth-order valence-electron chi connectivity index (χ4n) is 1.34. The lowest BCUT2D eigenvalue weighted by molar-refractivity contribution is 0.0865. The van der Waals surface area contributed by atoms with Gasteiger partial charge in [0.05, 0.1) is 10.7 Å². The lowest BCUT2D eigenvalue weighted by atomic mass is 10.3. The molecule has 0 bridgehead atoms. The van der Waals surface area contributed by atoms with E-state index in [0.29, 0.717) is 17.3 Å². The molecular weight excluding hydrogens is 262 g/mol. The van der Waals surface area contributed by atoms with Crippen LogP contribution in [0.1, 0.15) is 23.1 Å². The van der Waals surface area contributed by atoms with Gasteiger partial charge in [0.15, 0.2) is 5.11 Å². The van der Waals surface area contributed by atoms with Gasteiger partial charge < -0.3 is 5.73 Å². The molecule has 0 aliphatic carbocycles. The van der Waals surface area contributed by atoms with E-state index in [-0.39, 0.29) is 10.8 Å². The summed E-state index contributed by atoms with van der Waals surface area (Å²) < 4.78 is 1.42. The Morgan fingerprint density at radius 3 is 2.65 bits per heavy atom. The van der Waals surface area contributed by atoms with Crippen molar-refractivity contribution in [2.75, 3.05) is 6.54 Å². The number of carbonyl (C=O) groups excluding carboxylic acids is 1. The second kappa shape index (κ2) is 5.33. The van der Waals surface area contributed by atoms with Crippen molar-refractivity contribution in [2.45, 2.75) is 13.8 Å². The van der Waals surface area contributed by atoms with Crippen LogP contribution in [0.2, 0.25) is 5.02 Å². The first-order chi connectivity index (χ1) is 7.88. The first-order valence-electron chi connectivity index (χ1n) is 4.95. The average Bonchev–Trinajstić information content (AvgIpc) is 2.49. The quantitative estimate of drug-likeness (QED) is 0.610. The van der Waals surface area contributed by atoms with Crippen molar-refractivity contribution >= 4 is 34.8 Å². The van der Waals surface area contributed by atoms with Gasteiger partial charge in [-0.3, -0.25) is 19.9 Å². The maximum atomic E-state index is 12.0. The van der Waals surface area contributed by atoms with Gasteiger partial charge >= 0.3 is 0 Å². The Morgan fingerprint density at radius 2 is 2.29 bits per heavy atom. The summed E-state index contributed by atoms with van der Waals surface area (Å²) >= 11 is 10.8. The van der Waals surface area contributed by atoms with Crippen LogP contribution in [0.25, 0.3) is 0 Å². The molecule has 6 nitrogen and oxygen atoms in total. The number of aryl methyl sites for hydroxylation is 2. The smallest absolute Gasteiger partial charge is 0.289 e. The number of carbonyl (C=O) groups is 1. The van der Waals surface area contributed by atoms with E-state index < -0.39 is 5.91 Å². The highest BCUT2D eigenvalue weighted by atomic mass is 35.5. The fraction of sp³-hybridized carbons (Fsp3) is 0.444. The van der Waals surface area contributed by atoms with Crippen molar-refractivity contribution in [2.24, 2.45) is 12.8 Å². The number of rotatable bonds is 2. The molecule has 1 aromatic rings. The van der Waals surface area contributed by atoms with Crippen LogP contribution in [-0.4, -0.2) is 32.4 Å². The topological polar surface area (TPSA) is 76.2 Å². The predicted octanol–water partition coefficient (Wildman–Crippen LogP) is 0.592. The van der Waals surface area contributed by atoms with Crippen molar-refractivity contribution < 1.29 is 4.79 Å². The molecule has 8 heteroatoms. The molecule has 1 rings (SSSR count). The van der Waals surface area contributed by atoms with E-state index in [1.807, 2.05) is 6.92 Å². The van der Waals surface area contributed by atoms with Gasteiger partial charge in [-0.1, -0.05) is 11.6 Å². The molecule has 0 unspecified atom stereocenters. The molecule has 1 heterocycles. The highest BCUT2D eigenvalue weighted by Gasteiger charge is 2.20. The zero-order valence-corrected chi connectivity index (χ0v) is 11.4. The molecule has 0 spiro atoms. The Morgan fingerprint density at radius 1 is 1.71 bits per heavy atom. The van der Waals surface area contributed by atoms with Gasteiger partial charge in [-0.25, -0.2) is 0 Å². The Kier molecular flexibility index (Phi) is 4.30. The van der Waals surface area contributed by atoms with Crippen molar-refractivity contribution in [1.29, 1.82) is 0 Å². The number of hydrazine groups is 1. The van der Waals surface area contributed by atoms with Crippen molar-refractivity contribution in [3.05, 3.63) is 16.4 Å². The number of aromatic nitrogens is 2. The molecule has 94 valence electrons. The zero-order valence-electron chi connectivity index (χ0n) is 9.82. The van der Waals surface area contributed by atoms with Gasteiger partial charge in [-0.15, -0.1) is 0 Å². The molecule has 0 atom stereocenters. The third kappa shape index (κ3) is 2.86. The second-order valence-electron chi connectivity index (χ2n) is 3.40. The highest BCUT2D eigenvalue weighted by Crippen LogP contribution is 2.19. The second-order valence-corrected chi connectivity index (χ2v) is 4.19. The monoisotopic (exact) mass is 275 g/mol. The van der Waals surface area contributed by atoms with E-state index in [2.05, 4.69) is 10.5 Å². The Balaban J connectivity index is 2.94. The molecule has 1 amide bonds. The SMILES string of the molecule is CCN(NC(=O)c1c(Cl)c(C)nn1C)C(N)=S. The number of hydrogen-bond acceptors (Lipinski definition) is 3. The maximum absolute atomic E-state index is 12.0. The summed E-state index contributed by atoms with van der Waals surface area (Å²) in [7, 11) is 1.64. The van der Waals surface area contributed by atoms with E-state index in [0.717, 1.165) is 0 Å². The molecular formula is C9H14ClN5OS. The third-order valence-electron chi connectivity index (χ3n) is 2.18. The summed E-state index contributed by atoms with van der Waals surface area (Å²) in [5.74, 6) is -0.396. The molecule has 1 aromatic heterocycles. The summed E-state index contributed by atoms with van der Waals surface area (Å²) in [6, 6.07) is 0. The number of halogens is 1. The van der Waals surface area contributed by atoms with Gasteiger partial charge in [-0.2, -0.15) is 5.10 Å². The zero-order chi connectivity index (χ0) is 13.2. The van der Waals surface area contributed by atoms with E-state index in [4.69, 9.17) is 29.6 Å². The number of amides is 1. The lowest BCUT2D eigenvalue weighted by Gasteiger charge is -2.21. The third-order valence-corrected chi connectivity index (χ3v) is 2.86. The van der Waals surface area contributed by atoms with Crippen LogP contribution in [0.5, 0.6) is 0 Å². The number of nitrogens with two attached hydrogens (primary N) is 1.